The van der Waals surface area contributed by atoms with E-state index in [0.717, 1.165) is 5.56 Å². The molecule has 30 heavy (non-hydrogen) atoms. The summed E-state index contributed by atoms with van der Waals surface area (Å²) >= 11 is 0. The normalized spacial score (nSPS) is 16.2. The summed E-state index contributed by atoms with van der Waals surface area (Å²) in [5.74, 6) is 0.253. The first-order valence-electron chi connectivity index (χ1n) is 9.78. The molecule has 0 aliphatic carbocycles. The summed E-state index contributed by atoms with van der Waals surface area (Å²) in [5, 5.41) is 0. The molecule has 0 amide bonds. The quantitative estimate of drug-likeness (QED) is 0.645. The summed E-state index contributed by atoms with van der Waals surface area (Å²) in [6, 6.07) is 9.61. The van der Waals surface area contributed by atoms with Gasteiger partial charge in [-0.1, -0.05) is 26.0 Å². The minimum Gasteiger partial charge on any atom is -0.375 e. The maximum absolute atomic E-state index is 13.8. The minimum absolute atomic E-state index is 0.133. The third-order valence-corrected chi connectivity index (χ3v) is 5.21. The zero-order valence-electron chi connectivity index (χ0n) is 17.2. The number of halogens is 1. The molecule has 1 unspecified atom stereocenters. The van der Waals surface area contributed by atoms with Gasteiger partial charge in [-0.15, -0.1) is 0 Å². The van der Waals surface area contributed by atoms with E-state index in [0.29, 0.717) is 37.0 Å². The van der Waals surface area contributed by atoms with Gasteiger partial charge in [0, 0.05) is 37.9 Å². The van der Waals surface area contributed by atoms with Crippen molar-refractivity contribution in [1.29, 1.82) is 0 Å². The van der Waals surface area contributed by atoms with Gasteiger partial charge in [0.25, 0.3) is 5.56 Å². The van der Waals surface area contributed by atoms with Crippen LogP contribution in [0.15, 0.2) is 53.7 Å². The molecule has 1 aromatic carbocycles. The Morgan fingerprint density at radius 3 is 2.73 bits per heavy atom. The molecule has 3 aromatic rings. The lowest BCUT2D eigenvalue weighted by Crippen LogP contribution is -2.48. The number of anilines is 1. The number of nitrogens with zero attached hydrogens (tertiary/aromatic N) is 5. The van der Waals surface area contributed by atoms with Crippen LogP contribution in [0.2, 0.25) is 0 Å². The predicted molar refractivity (Wildman–Crippen MR) is 112 cm³/mol. The topological polar surface area (TPSA) is 73.1 Å². The van der Waals surface area contributed by atoms with Crippen molar-refractivity contribution in [1.82, 2.24) is 19.5 Å². The number of benzene rings is 1. The SMILES string of the molecule is COC(CN1CC(C)(C)Cn2c1nc(-c1ccncn1)cc2=O)c1cccc(F)c1. The molecule has 3 heterocycles. The lowest BCUT2D eigenvalue weighted by Gasteiger charge is -2.41. The van der Waals surface area contributed by atoms with Crippen LogP contribution in [-0.2, 0) is 11.3 Å². The van der Waals surface area contributed by atoms with E-state index in [2.05, 4.69) is 23.8 Å². The van der Waals surface area contributed by atoms with Crippen molar-refractivity contribution in [2.75, 3.05) is 25.1 Å². The number of hydrogen-bond acceptors (Lipinski definition) is 6. The predicted octanol–water partition coefficient (Wildman–Crippen LogP) is 3.07. The van der Waals surface area contributed by atoms with Crippen LogP contribution in [0.4, 0.5) is 10.3 Å². The molecule has 2 aromatic heterocycles. The second-order valence-electron chi connectivity index (χ2n) is 8.28. The third kappa shape index (κ3) is 4.09. The number of methoxy groups -OCH3 is 1. The Labute approximate surface area is 174 Å². The fourth-order valence-corrected chi connectivity index (χ4v) is 3.89. The number of hydrogen-bond donors (Lipinski definition) is 0. The Morgan fingerprint density at radius 1 is 1.20 bits per heavy atom. The summed E-state index contributed by atoms with van der Waals surface area (Å²) < 4.78 is 21.1. The number of ether oxygens (including phenoxy) is 1. The second-order valence-corrected chi connectivity index (χ2v) is 8.28. The largest absolute Gasteiger partial charge is 0.375 e. The molecule has 0 N–H and O–H groups in total. The van der Waals surface area contributed by atoms with Crippen molar-refractivity contribution in [3.8, 4) is 11.4 Å². The van der Waals surface area contributed by atoms with E-state index in [1.165, 1.54) is 24.5 Å². The highest BCUT2D eigenvalue weighted by atomic mass is 19.1. The van der Waals surface area contributed by atoms with Gasteiger partial charge in [0.15, 0.2) is 0 Å². The molecule has 156 valence electrons. The average molecular weight is 409 g/mol. The van der Waals surface area contributed by atoms with E-state index in [9.17, 15) is 9.18 Å². The molecule has 0 radical (unpaired) electrons. The van der Waals surface area contributed by atoms with Crippen LogP contribution in [0.3, 0.4) is 0 Å². The highest BCUT2D eigenvalue weighted by Gasteiger charge is 2.34. The summed E-state index contributed by atoms with van der Waals surface area (Å²) in [7, 11) is 1.60. The van der Waals surface area contributed by atoms with Gasteiger partial charge >= 0.3 is 0 Å². The van der Waals surface area contributed by atoms with E-state index < -0.39 is 0 Å². The average Bonchev–Trinajstić information content (AvgIpc) is 2.72. The Balaban J connectivity index is 1.76. The number of rotatable bonds is 5. The summed E-state index contributed by atoms with van der Waals surface area (Å²) in [4.78, 5) is 27.9. The van der Waals surface area contributed by atoms with Gasteiger partial charge in [0.05, 0.1) is 24.0 Å². The molecular weight excluding hydrogens is 385 g/mol. The zero-order chi connectivity index (χ0) is 21.3. The van der Waals surface area contributed by atoms with E-state index in [1.54, 1.807) is 30.0 Å². The minimum atomic E-state index is -0.373. The number of fused-ring (bicyclic) bond motifs is 1. The molecule has 1 aliphatic heterocycles. The van der Waals surface area contributed by atoms with Crippen LogP contribution in [-0.4, -0.2) is 39.7 Å². The molecular formula is C22H24FN5O2. The molecule has 1 atom stereocenters. The Bertz CT molecular complexity index is 1100. The molecule has 4 rings (SSSR count). The van der Waals surface area contributed by atoms with Crippen molar-refractivity contribution in [2.24, 2.45) is 5.41 Å². The van der Waals surface area contributed by atoms with Gasteiger partial charge in [0.2, 0.25) is 5.95 Å². The molecule has 0 bridgehead atoms. The smallest absolute Gasteiger partial charge is 0.255 e. The van der Waals surface area contributed by atoms with E-state index in [4.69, 9.17) is 9.72 Å². The first-order chi connectivity index (χ1) is 14.4. The fourth-order valence-electron chi connectivity index (χ4n) is 3.89. The lowest BCUT2D eigenvalue weighted by molar-refractivity contribution is 0.103. The standard InChI is InChI=1S/C22H24FN5O2/c1-22(2)12-27(11-19(30-3)15-5-4-6-16(23)9-15)21-26-18(10-20(29)28(21)13-22)17-7-8-24-14-25-17/h4-10,14,19H,11-13H2,1-3H3. The Morgan fingerprint density at radius 2 is 2.03 bits per heavy atom. The second kappa shape index (κ2) is 7.95. The maximum atomic E-state index is 13.8. The van der Waals surface area contributed by atoms with Gasteiger partial charge < -0.3 is 9.64 Å². The van der Waals surface area contributed by atoms with Crippen molar-refractivity contribution in [2.45, 2.75) is 26.5 Å². The van der Waals surface area contributed by atoms with E-state index in [1.807, 2.05) is 11.0 Å². The van der Waals surface area contributed by atoms with E-state index >= 15 is 0 Å². The molecule has 8 heteroatoms. The van der Waals surface area contributed by atoms with E-state index in [-0.39, 0.29) is 22.9 Å². The third-order valence-electron chi connectivity index (χ3n) is 5.21. The lowest BCUT2D eigenvalue weighted by atomic mass is 9.90. The van der Waals surface area contributed by atoms with Crippen LogP contribution >= 0.6 is 0 Å². The van der Waals surface area contributed by atoms with Gasteiger partial charge in [-0.2, -0.15) is 0 Å². The molecule has 0 saturated carbocycles. The van der Waals surface area contributed by atoms with Crippen LogP contribution < -0.4 is 10.5 Å². The van der Waals surface area contributed by atoms with Gasteiger partial charge in [-0.25, -0.2) is 19.3 Å². The molecule has 0 spiro atoms. The van der Waals surface area contributed by atoms with Crippen LogP contribution in [0.1, 0.15) is 25.5 Å². The first kappa shape index (κ1) is 20.2. The molecule has 0 saturated heterocycles. The van der Waals surface area contributed by atoms with Crippen molar-refractivity contribution in [3.05, 3.63) is 70.7 Å². The summed E-state index contributed by atoms with van der Waals surface area (Å²) in [6.45, 7) is 5.90. The van der Waals surface area contributed by atoms with Crippen LogP contribution in [0.25, 0.3) is 11.4 Å². The summed E-state index contributed by atoms with van der Waals surface area (Å²) in [6.07, 6.45) is 2.68. The van der Waals surface area contributed by atoms with Gasteiger partial charge in [-0.05, 0) is 23.8 Å². The monoisotopic (exact) mass is 409 g/mol. The van der Waals surface area contributed by atoms with Crippen molar-refractivity contribution >= 4 is 5.95 Å². The summed E-state index contributed by atoms with van der Waals surface area (Å²) in [5.41, 5.74) is 1.55. The first-order valence-corrected chi connectivity index (χ1v) is 9.78. The molecule has 0 fully saturated rings. The molecule has 7 nitrogen and oxygen atoms in total. The van der Waals surface area contributed by atoms with Crippen LogP contribution in [0.5, 0.6) is 0 Å². The zero-order valence-corrected chi connectivity index (χ0v) is 17.2. The number of aromatic nitrogens is 4. The van der Waals surface area contributed by atoms with Gasteiger partial charge in [0.1, 0.15) is 12.1 Å². The van der Waals surface area contributed by atoms with Crippen molar-refractivity contribution in [3.63, 3.8) is 0 Å². The highest BCUT2D eigenvalue weighted by Crippen LogP contribution is 2.32. The van der Waals surface area contributed by atoms with Crippen LogP contribution in [0, 0.1) is 11.2 Å². The Hall–Kier alpha value is -3.13. The van der Waals surface area contributed by atoms with Gasteiger partial charge in [-0.3, -0.25) is 9.36 Å². The fraction of sp³-hybridized carbons (Fsp3) is 0.364. The molecule has 1 aliphatic rings. The highest BCUT2D eigenvalue weighted by molar-refractivity contribution is 5.55. The maximum Gasteiger partial charge on any atom is 0.255 e. The van der Waals surface area contributed by atoms with Crippen molar-refractivity contribution < 1.29 is 9.13 Å². The Kier molecular flexibility index (Phi) is 5.34.